The van der Waals surface area contributed by atoms with Crippen LogP contribution in [0.25, 0.3) is 0 Å². The van der Waals surface area contributed by atoms with Gasteiger partial charge in [0.05, 0.1) is 39.2 Å². The van der Waals surface area contributed by atoms with Crippen LogP contribution in [-0.2, 0) is 29.8 Å². The molecular formula is C51H56N6O9. The maximum atomic E-state index is 13.0. The number of anilines is 1. The van der Waals surface area contributed by atoms with Crippen molar-refractivity contribution in [3.05, 3.63) is 164 Å². The molecule has 3 aliphatic carbocycles. The Bertz CT molecular complexity index is 2750. The Hall–Kier alpha value is -7.26. The van der Waals surface area contributed by atoms with Crippen LogP contribution in [0.3, 0.4) is 0 Å². The molecule has 0 aliphatic heterocycles. The van der Waals surface area contributed by atoms with Crippen molar-refractivity contribution in [2.75, 3.05) is 26.6 Å². The van der Waals surface area contributed by atoms with Gasteiger partial charge in [-0.1, -0.05) is 98.0 Å². The number of allylic oxidation sites excluding steroid dienone is 6. The van der Waals surface area contributed by atoms with Gasteiger partial charge in [-0.15, -0.1) is 0 Å². The van der Waals surface area contributed by atoms with E-state index in [1.165, 1.54) is 36.8 Å². The first kappa shape index (κ1) is 46.7. The summed E-state index contributed by atoms with van der Waals surface area (Å²) in [7, 11) is 4.54. The number of rotatable bonds is 14. The SMILES string of the molecule is CNC(=O)c1nn(CC2(c3cccc(Oc4ccccc4)c3)CCCC2)cc(O)c1=O.COCc1ccc(NC(=O)c2nn(CC3(C4=CC=CC=CC4)CCCC3)cc(O)c2=O)cc1OC. The topological polar surface area (TPSA) is 196 Å². The summed E-state index contributed by atoms with van der Waals surface area (Å²) in [6, 6.07) is 22.8. The number of aromatic nitrogens is 4. The van der Waals surface area contributed by atoms with E-state index in [0.717, 1.165) is 80.4 Å². The Morgan fingerprint density at radius 1 is 0.727 bits per heavy atom. The number of para-hydroxylation sites is 1. The molecule has 66 heavy (non-hydrogen) atoms. The number of amides is 2. The van der Waals surface area contributed by atoms with E-state index < -0.39 is 34.2 Å². The molecule has 0 saturated heterocycles. The number of methoxy groups -OCH3 is 2. The Kier molecular flexibility index (Phi) is 15.0. The van der Waals surface area contributed by atoms with Crippen LogP contribution in [-0.4, -0.2) is 62.9 Å². The van der Waals surface area contributed by atoms with E-state index in [9.17, 15) is 29.4 Å². The Balaban J connectivity index is 0.000000198. The van der Waals surface area contributed by atoms with Crippen molar-refractivity contribution in [3.63, 3.8) is 0 Å². The van der Waals surface area contributed by atoms with Crippen LogP contribution in [0.5, 0.6) is 28.7 Å². The van der Waals surface area contributed by atoms with Crippen molar-refractivity contribution < 1.29 is 34.0 Å². The second kappa shape index (κ2) is 21.2. The molecule has 344 valence electrons. The smallest absolute Gasteiger partial charge is 0.280 e. The molecule has 2 heterocycles. The van der Waals surface area contributed by atoms with E-state index in [-0.39, 0.29) is 22.2 Å². The fourth-order valence-corrected chi connectivity index (χ4v) is 9.24. The van der Waals surface area contributed by atoms with Gasteiger partial charge in [0, 0.05) is 42.3 Å². The minimum atomic E-state index is -0.804. The summed E-state index contributed by atoms with van der Waals surface area (Å²) in [6.07, 6.45) is 22.0. The van der Waals surface area contributed by atoms with Crippen LogP contribution in [0.15, 0.2) is 131 Å². The van der Waals surface area contributed by atoms with Crippen molar-refractivity contribution >= 4 is 17.5 Å². The summed E-state index contributed by atoms with van der Waals surface area (Å²) < 4.78 is 19.6. The Morgan fingerprint density at radius 3 is 1.98 bits per heavy atom. The molecule has 3 aliphatic rings. The summed E-state index contributed by atoms with van der Waals surface area (Å²) in [6.45, 7) is 1.29. The van der Waals surface area contributed by atoms with Gasteiger partial charge in [-0.05, 0) is 68.0 Å². The first-order valence-electron chi connectivity index (χ1n) is 22.1. The number of nitrogens with zero attached hydrogens (tertiary/aromatic N) is 4. The lowest BCUT2D eigenvalue weighted by molar-refractivity contribution is 0.0952. The molecule has 0 spiro atoms. The molecule has 8 rings (SSSR count). The fourth-order valence-electron chi connectivity index (χ4n) is 9.24. The Labute approximate surface area is 383 Å². The first-order chi connectivity index (χ1) is 32.0. The van der Waals surface area contributed by atoms with Crippen molar-refractivity contribution in [1.29, 1.82) is 0 Å². The number of hydrogen-bond acceptors (Lipinski definition) is 11. The number of carbonyl (C=O) groups is 2. The van der Waals surface area contributed by atoms with E-state index in [1.807, 2.05) is 66.8 Å². The molecule has 15 nitrogen and oxygen atoms in total. The average molecular weight is 897 g/mol. The van der Waals surface area contributed by atoms with E-state index in [2.05, 4.69) is 39.0 Å². The summed E-state index contributed by atoms with van der Waals surface area (Å²) in [5.74, 6) is -0.230. The summed E-state index contributed by atoms with van der Waals surface area (Å²) >= 11 is 0. The zero-order chi connectivity index (χ0) is 46.7. The van der Waals surface area contributed by atoms with Gasteiger partial charge in [0.15, 0.2) is 22.9 Å². The predicted molar refractivity (Wildman–Crippen MR) is 250 cm³/mol. The van der Waals surface area contributed by atoms with Crippen molar-refractivity contribution in [2.45, 2.75) is 82.9 Å². The van der Waals surface area contributed by atoms with E-state index in [0.29, 0.717) is 31.1 Å². The van der Waals surface area contributed by atoms with Gasteiger partial charge in [0.25, 0.3) is 22.7 Å². The second-order valence-electron chi connectivity index (χ2n) is 16.9. The lowest BCUT2D eigenvalue weighted by Crippen LogP contribution is -2.33. The fraction of sp³-hybridized carbons (Fsp3) is 0.333. The van der Waals surface area contributed by atoms with Crippen molar-refractivity contribution in [1.82, 2.24) is 24.9 Å². The Morgan fingerprint density at radius 2 is 1.35 bits per heavy atom. The molecule has 2 aromatic heterocycles. The van der Waals surface area contributed by atoms with Gasteiger partial charge < -0.3 is 35.1 Å². The molecule has 3 aromatic carbocycles. The monoisotopic (exact) mass is 896 g/mol. The number of carbonyl (C=O) groups excluding carboxylic acids is 2. The minimum absolute atomic E-state index is 0.133. The van der Waals surface area contributed by atoms with Crippen LogP contribution in [0.4, 0.5) is 5.69 Å². The third-order valence-corrected chi connectivity index (χ3v) is 12.5. The minimum Gasteiger partial charge on any atom is -0.503 e. The highest BCUT2D eigenvalue weighted by molar-refractivity contribution is 6.03. The van der Waals surface area contributed by atoms with Gasteiger partial charge in [0.1, 0.15) is 17.2 Å². The zero-order valence-electron chi connectivity index (χ0n) is 37.5. The van der Waals surface area contributed by atoms with Crippen molar-refractivity contribution in [3.8, 4) is 28.7 Å². The number of benzene rings is 3. The summed E-state index contributed by atoms with van der Waals surface area (Å²) in [5.41, 5.74) is 1.08. The molecule has 15 heteroatoms. The van der Waals surface area contributed by atoms with Crippen LogP contribution < -0.4 is 31.0 Å². The molecule has 0 radical (unpaired) electrons. The quantitative estimate of drug-likeness (QED) is 0.0844. The zero-order valence-corrected chi connectivity index (χ0v) is 37.5. The highest BCUT2D eigenvalue weighted by Gasteiger charge is 2.39. The molecule has 0 atom stereocenters. The maximum absolute atomic E-state index is 13.0. The number of ether oxygens (including phenoxy) is 3. The molecule has 5 aromatic rings. The lowest BCUT2D eigenvalue weighted by atomic mass is 9.76. The standard InChI is InChI=1S/C27H31N3O5.C24H25N3O4/c1-34-17-19-11-12-21(15-23(19)35-2)28-26(33)24-25(32)22(31)16-30(29-24)18-27(13-7-8-14-27)20-9-5-3-4-6-10-20;1-25-23(30)21-22(29)20(28)15-27(26-21)16-24(12-5-6-13-24)17-8-7-11-19(14-17)31-18-9-3-2-4-10-18/h3-6,9,11-12,15-16,31H,7-8,10,13-14,17-18H2,1-2H3,(H,28,33);2-4,7-11,14-15,28H,5-6,12-13,16H2,1H3,(H,25,30). The largest absolute Gasteiger partial charge is 0.503 e. The van der Waals surface area contributed by atoms with Crippen LogP contribution in [0.1, 0.15) is 89.9 Å². The lowest BCUT2D eigenvalue weighted by Gasteiger charge is -2.32. The van der Waals surface area contributed by atoms with Crippen LogP contribution in [0, 0.1) is 5.41 Å². The van der Waals surface area contributed by atoms with Gasteiger partial charge >= 0.3 is 0 Å². The second-order valence-corrected chi connectivity index (χ2v) is 16.9. The third-order valence-electron chi connectivity index (χ3n) is 12.5. The van der Waals surface area contributed by atoms with E-state index >= 15 is 0 Å². The predicted octanol–water partition coefficient (Wildman–Crippen LogP) is 7.97. The van der Waals surface area contributed by atoms with Crippen LogP contribution >= 0.6 is 0 Å². The molecule has 4 N–H and O–H groups in total. The number of hydrogen-bond donors (Lipinski definition) is 4. The summed E-state index contributed by atoms with van der Waals surface area (Å²) in [5, 5.41) is 34.1. The molecular weight excluding hydrogens is 841 g/mol. The van der Waals surface area contributed by atoms with Crippen LogP contribution in [0.2, 0.25) is 0 Å². The third kappa shape index (κ3) is 10.8. The van der Waals surface area contributed by atoms with Crippen molar-refractivity contribution in [2.24, 2.45) is 5.41 Å². The van der Waals surface area contributed by atoms with Gasteiger partial charge in [-0.3, -0.25) is 28.5 Å². The maximum Gasteiger partial charge on any atom is 0.280 e. The number of nitrogens with one attached hydrogen (secondary N) is 2. The van der Waals surface area contributed by atoms with Gasteiger partial charge in [0.2, 0.25) is 0 Å². The normalized spacial score (nSPS) is 15.8. The highest BCUT2D eigenvalue weighted by atomic mass is 16.5. The number of aromatic hydroxyl groups is 2. The van der Waals surface area contributed by atoms with Gasteiger partial charge in [-0.2, -0.15) is 10.2 Å². The van der Waals surface area contributed by atoms with E-state index in [1.54, 1.807) is 30.0 Å². The molecule has 2 saturated carbocycles. The summed E-state index contributed by atoms with van der Waals surface area (Å²) in [4.78, 5) is 49.8. The average Bonchev–Trinajstić information content (AvgIpc) is 3.92. The first-order valence-corrected chi connectivity index (χ1v) is 22.1. The molecule has 0 unspecified atom stereocenters. The molecule has 2 fully saturated rings. The molecule has 2 amide bonds. The molecule has 0 bridgehead atoms. The van der Waals surface area contributed by atoms with E-state index in [4.69, 9.17) is 14.2 Å². The highest BCUT2D eigenvalue weighted by Crippen LogP contribution is 2.47. The van der Waals surface area contributed by atoms with Gasteiger partial charge in [-0.25, -0.2) is 0 Å².